The fraction of sp³-hybridized carbons (Fsp3) is 0.625. The van der Waals surface area contributed by atoms with Crippen molar-refractivity contribution in [2.45, 2.75) is 52.8 Å². The van der Waals surface area contributed by atoms with Gasteiger partial charge in [0.15, 0.2) is 0 Å². The summed E-state index contributed by atoms with van der Waals surface area (Å²) >= 11 is 0. The van der Waals surface area contributed by atoms with Gasteiger partial charge < -0.3 is 5.32 Å². The summed E-state index contributed by atoms with van der Waals surface area (Å²) in [4.78, 5) is 0. The molecule has 0 heterocycles. The number of hydrogen-bond donors (Lipinski definition) is 1. The van der Waals surface area contributed by atoms with Gasteiger partial charge in [-0.25, -0.2) is 0 Å². The van der Waals surface area contributed by atoms with Crippen LogP contribution in [0, 0.1) is 5.41 Å². The third kappa shape index (κ3) is 5.16. The molecule has 1 atom stereocenters. The van der Waals surface area contributed by atoms with E-state index in [0.29, 0.717) is 6.04 Å². The molecule has 0 aliphatic heterocycles. The quantitative estimate of drug-likeness (QED) is 0.802. The maximum Gasteiger partial charge on any atom is 0.416 e. The van der Waals surface area contributed by atoms with Gasteiger partial charge in [-0.05, 0) is 36.0 Å². The van der Waals surface area contributed by atoms with E-state index in [1.807, 2.05) is 0 Å². The van der Waals surface area contributed by atoms with Crippen LogP contribution in [0.5, 0.6) is 0 Å². The number of benzene rings is 1. The molecule has 0 bridgehead atoms. The first kappa shape index (κ1) is 17.0. The summed E-state index contributed by atoms with van der Waals surface area (Å²) < 4.78 is 37.6. The van der Waals surface area contributed by atoms with E-state index in [4.69, 9.17) is 0 Å². The smallest absolute Gasteiger partial charge is 0.314 e. The Kier molecular flexibility index (Phi) is 5.63. The SMILES string of the molecule is CCC(C)(CNC(C)C)Cc1ccc(C(F)(F)F)cc1. The van der Waals surface area contributed by atoms with Crippen molar-refractivity contribution in [3.8, 4) is 0 Å². The molecule has 0 aromatic heterocycles. The lowest BCUT2D eigenvalue weighted by Crippen LogP contribution is -2.36. The predicted octanol–water partition coefficient (Wildman–Crippen LogP) is 4.66. The lowest BCUT2D eigenvalue weighted by atomic mass is 9.81. The average molecular weight is 287 g/mol. The van der Waals surface area contributed by atoms with Crippen LogP contribution < -0.4 is 5.32 Å². The van der Waals surface area contributed by atoms with Crippen molar-refractivity contribution in [1.82, 2.24) is 5.32 Å². The molecule has 0 aliphatic rings. The molecule has 4 heteroatoms. The second-order valence-electron chi connectivity index (χ2n) is 6.07. The molecule has 0 amide bonds. The van der Waals surface area contributed by atoms with Crippen LogP contribution >= 0.6 is 0 Å². The number of nitrogens with one attached hydrogen (secondary N) is 1. The lowest BCUT2D eigenvalue weighted by molar-refractivity contribution is -0.137. The third-order valence-corrected chi connectivity index (χ3v) is 3.70. The highest BCUT2D eigenvalue weighted by Gasteiger charge is 2.30. The van der Waals surface area contributed by atoms with Crippen molar-refractivity contribution >= 4 is 0 Å². The Morgan fingerprint density at radius 2 is 1.65 bits per heavy atom. The minimum atomic E-state index is -4.26. The topological polar surface area (TPSA) is 12.0 Å². The monoisotopic (exact) mass is 287 g/mol. The highest BCUT2D eigenvalue weighted by atomic mass is 19.4. The molecule has 1 nitrogen and oxygen atoms in total. The van der Waals surface area contributed by atoms with Crippen LogP contribution in [0.4, 0.5) is 13.2 Å². The van der Waals surface area contributed by atoms with E-state index in [9.17, 15) is 13.2 Å². The van der Waals surface area contributed by atoms with E-state index in [2.05, 4.69) is 33.0 Å². The summed E-state index contributed by atoms with van der Waals surface area (Å²) in [7, 11) is 0. The Balaban J connectivity index is 2.75. The molecule has 0 radical (unpaired) electrons. The zero-order valence-electron chi connectivity index (χ0n) is 12.6. The standard InChI is InChI=1S/C16H24F3N/c1-5-15(4,11-20-12(2)3)10-13-6-8-14(9-7-13)16(17,18)19/h6-9,12,20H,5,10-11H2,1-4H3. The normalized spacial score (nSPS) is 15.4. The number of alkyl halides is 3. The van der Waals surface area contributed by atoms with Gasteiger partial charge in [-0.2, -0.15) is 13.2 Å². The van der Waals surface area contributed by atoms with Crippen molar-refractivity contribution < 1.29 is 13.2 Å². The van der Waals surface area contributed by atoms with Crippen LogP contribution in [0.25, 0.3) is 0 Å². The van der Waals surface area contributed by atoms with Gasteiger partial charge in [-0.1, -0.05) is 39.8 Å². The first-order valence-electron chi connectivity index (χ1n) is 7.06. The molecule has 0 spiro atoms. The molecule has 1 aromatic rings. The van der Waals surface area contributed by atoms with Crippen molar-refractivity contribution in [2.75, 3.05) is 6.54 Å². The van der Waals surface area contributed by atoms with Crippen LogP contribution in [0.1, 0.15) is 45.2 Å². The van der Waals surface area contributed by atoms with Crippen molar-refractivity contribution in [3.05, 3.63) is 35.4 Å². The van der Waals surface area contributed by atoms with Crippen LogP contribution in [-0.2, 0) is 12.6 Å². The van der Waals surface area contributed by atoms with E-state index >= 15 is 0 Å². The second-order valence-corrected chi connectivity index (χ2v) is 6.07. The van der Waals surface area contributed by atoms with Gasteiger partial charge >= 0.3 is 6.18 Å². The molecule has 1 aromatic carbocycles. The predicted molar refractivity (Wildman–Crippen MR) is 76.7 cm³/mol. The molecule has 1 unspecified atom stereocenters. The fourth-order valence-electron chi connectivity index (χ4n) is 2.07. The molecule has 1 rings (SSSR count). The summed E-state index contributed by atoms with van der Waals surface area (Å²) in [6, 6.07) is 5.93. The third-order valence-electron chi connectivity index (χ3n) is 3.70. The summed E-state index contributed by atoms with van der Waals surface area (Å²) in [5.74, 6) is 0. The lowest BCUT2D eigenvalue weighted by Gasteiger charge is -2.30. The van der Waals surface area contributed by atoms with Crippen molar-refractivity contribution in [3.63, 3.8) is 0 Å². The van der Waals surface area contributed by atoms with E-state index in [0.717, 1.165) is 24.9 Å². The van der Waals surface area contributed by atoms with Gasteiger partial charge in [0.05, 0.1) is 5.56 Å². The zero-order chi connectivity index (χ0) is 15.4. The van der Waals surface area contributed by atoms with Gasteiger partial charge in [0.1, 0.15) is 0 Å². The number of rotatable bonds is 6. The van der Waals surface area contributed by atoms with E-state index in [-0.39, 0.29) is 5.41 Å². The first-order chi connectivity index (χ1) is 9.16. The highest BCUT2D eigenvalue weighted by Crippen LogP contribution is 2.31. The van der Waals surface area contributed by atoms with Crippen LogP contribution in [-0.4, -0.2) is 12.6 Å². The molecule has 20 heavy (non-hydrogen) atoms. The Hall–Kier alpha value is -1.03. The maximum atomic E-state index is 12.5. The summed E-state index contributed by atoms with van der Waals surface area (Å²) in [6.45, 7) is 9.33. The zero-order valence-corrected chi connectivity index (χ0v) is 12.6. The fourth-order valence-corrected chi connectivity index (χ4v) is 2.07. The minimum absolute atomic E-state index is 0.0595. The van der Waals surface area contributed by atoms with E-state index in [1.54, 1.807) is 12.1 Å². The maximum absolute atomic E-state index is 12.5. The average Bonchev–Trinajstić information content (AvgIpc) is 2.36. The Bertz CT molecular complexity index is 409. The van der Waals surface area contributed by atoms with E-state index < -0.39 is 11.7 Å². The van der Waals surface area contributed by atoms with Crippen LogP contribution in [0.15, 0.2) is 24.3 Å². The Morgan fingerprint density at radius 1 is 1.10 bits per heavy atom. The van der Waals surface area contributed by atoms with Gasteiger partial charge in [-0.3, -0.25) is 0 Å². The van der Waals surface area contributed by atoms with Crippen LogP contribution in [0.3, 0.4) is 0 Å². The molecule has 0 saturated carbocycles. The highest BCUT2D eigenvalue weighted by molar-refractivity contribution is 5.25. The summed E-state index contributed by atoms with van der Waals surface area (Å²) in [6.07, 6.45) is -2.50. The minimum Gasteiger partial charge on any atom is -0.314 e. The molecule has 1 N–H and O–H groups in total. The van der Waals surface area contributed by atoms with Crippen molar-refractivity contribution in [2.24, 2.45) is 5.41 Å². The van der Waals surface area contributed by atoms with Gasteiger partial charge in [0.25, 0.3) is 0 Å². The Labute approximate surface area is 119 Å². The Morgan fingerprint density at radius 3 is 2.05 bits per heavy atom. The number of halogens is 3. The first-order valence-corrected chi connectivity index (χ1v) is 7.06. The van der Waals surface area contributed by atoms with E-state index in [1.165, 1.54) is 12.1 Å². The molecule has 0 aliphatic carbocycles. The molecular formula is C16H24F3N. The summed E-state index contributed by atoms with van der Waals surface area (Å²) in [5, 5.41) is 3.41. The largest absolute Gasteiger partial charge is 0.416 e. The number of hydrogen-bond acceptors (Lipinski definition) is 1. The molecule has 0 saturated heterocycles. The van der Waals surface area contributed by atoms with Gasteiger partial charge in [0.2, 0.25) is 0 Å². The molecule has 0 fully saturated rings. The van der Waals surface area contributed by atoms with Gasteiger partial charge in [-0.15, -0.1) is 0 Å². The second kappa shape index (κ2) is 6.61. The molecule has 114 valence electrons. The summed E-state index contributed by atoms with van der Waals surface area (Å²) in [5.41, 5.74) is 0.428. The van der Waals surface area contributed by atoms with Crippen molar-refractivity contribution in [1.29, 1.82) is 0 Å². The molecular weight excluding hydrogens is 263 g/mol. The van der Waals surface area contributed by atoms with Gasteiger partial charge in [0, 0.05) is 12.6 Å². The van der Waals surface area contributed by atoms with Crippen LogP contribution in [0.2, 0.25) is 0 Å².